The van der Waals surface area contributed by atoms with Crippen molar-refractivity contribution < 1.29 is 9.59 Å². The van der Waals surface area contributed by atoms with Gasteiger partial charge in [-0.15, -0.1) is 0 Å². The molecule has 1 N–H and O–H groups in total. The molecule has 1 aromatic rings. The first-order valence-corrected chi connectivity index (χ1v) is 7.17. The lowest BCUT2D eigenvalue weighted by atomic mass is 10.1. The second-order valence-electron chi connectivity index (χ2n) is 5.16. The van der Waals surface area contributed by atoms with E-state index in [-0.39, 0.29) is 11.8 Å². The molecule has 0 saturated carbocycles. The molecule has 0 radical (unpaired) electrons. The summed E-state index contributed by atoms with van der Waals surface area (Å²) in [6.07, 6.45) is 0. The van der Waals surface area contributed by atoms with Crippen LogP contribution in [0, 0.1) is 5.92 Å². The largest absolute Gasteiger partial charge is 0.352 e. The Kier molecular flexibility index (Phi) is 6.22. The number of rotatable bonds is 6. The van der Waals surface area contributed by atoms with E-state index < -0.39 is 0 Å². The summed E-state index contributed by atoms with van der Waals surface area (Å²) in [6, 6.07) is 6.83. The second kappa shape index (κ2) is 7.68. The van der Waals surface area contributed by atoms with E-state index in [9.17, 15) is 9.59 Å². The Morgan fingerprint density at radius 2 is 1.55 bits per heavy atom. The molecule has 4 heteroatoms. The minimum Gasteiger partial charge on any atom is -0.352 e. The number of nitrogens with zero attached hydrogens (tertiary/aromatic N) is 1. The molecule has 4 nitrogen and oxygen atoms in total. The van der Waals surface area contributed by atoms with Crippen LogP contribution < -0.4 is 5.32 Å². The van der Waals surface area contributed by atoms with Crippen molar-refractivity contribution in [3.8, 4) is 0 Å². The molecular formula is C16H24N2O2. The van der Waals surface area contributed by atoms with Gasteiger partial charge in [-0.25, -0.2) is 0 Å². The van der Waals surface area contributed by atoms with E-state index in [4.69, 9.17) is 0 Å². The van der Waals surface area contributed by atoms with Crippen LogP contribution in [0.3, 0.4) is 0 Å². The third-order valence-electron chi connectivity index (χ3n) is 3.12. The van der Waals surface area contributed by atoms with E-state index >= 15 is 0 Å². The maximum Gasteiger partial charge on any atom is 0.253 e. The molecule has 0 aromatic heterocycles. The van der Waals surface area contributed by atoms with Gasteiger partial charge in [-0.05, 0) is 44.0 Å². The topological polar surface area (TPSA) is 49.4 Å². The van der Waals surface area contributed by atoms with Gasteiger partial charge in [0.05, 0.1) is 0 Å². The van der Waals surface area contributed by atoms with Crippen molar-refractivity contribution in [3.63, 3.8) is 0 Å². The number of nitrogens with one attached hydrogen (secondary N) is 1. The predicted octanol–water partition coefficient (Wildman–Crippen LogP) is 2.55. The van der Waals surface area contributed by atoms with E-state index in [0.717, 1.165) is 0 Å². The van der Waals surface area contributed by atoms with Crippen LogP contribution in [0.5, 0.6) is 0 Å². The number of carbonyl (C=O) groups is 2. The first kappa shape index (κ1) is 16.2. The lowest BCUT2D eigenvalue weighted by molar-refractivity contribution is 0.0772. The van der Waals surface area contributed by atoms with Crippen LogP contribution in [-0.4, -0.2) is 36.3 Å². The van der Waals surface area contributed by atoms with Gasteiger partial charge < -0.3 is 10.2 Å². The van der Waals surface area contributed by atoms with E-state index in [0.29, 0.717) is 36.7 Å². The third-order valence-corrected chi connectivity index (χ3v) is 3.12. The monoisotopic (exact) mass is 276 g/mol. The summed E-state index contributed by atoms with van der Waals surface area (Å²) in [7, 11) is 0. The molecule has 0 aliphatic carbocycles. The van der Waals surface area contributed by atoms with Crippen molar-refractivity contribution in [1.29, 1.82) is 0 Å². The van der Waals surface area contributed by atoms with Crippen LogP contribution in [0.1, 0.15) is 48.4 Å². The van der Waals surface area contributed by atoms with E-state index in [1.807, 2.05) is 27.7 Å². The van der Waals surface area contributed by atoms with Crippen molar-refractivity contribution in [3.05, 3.63) is 35.4 Å². The lowest BCUT2D eigenvalue weighted by Gasteiger charge is -2.18. The van der Waals surface area contributed by atoms with Crippen LogP contribution in [0.2, 0.25) is 0 Å². The average Bonchev–Trinajstić information content (AvgIpc) is 2.46. The Labute approximate surface area is 121 Å². The van der Waals surface area contributed by atoms with Crippen LogP contribution in [-0.2, 0) is 0 Å². The summed E-state index contributed by atoms with van der Waals surface area (Å²) in [5.74, 6) is 0.326. The van der Waals surface area contributed by atoms with Gasteiger partial charge in [-0.1, -0.05) is 13.8 Å². The highest BCUT2D eigenvalue weighted by molar-refractivity contribution is 5.97. The highest BCUT2D eigenvalue weighted by Crippen LogP contribution is 2.08. The molecule has 0 spiro atoms. The Morgan fingerprint density at radius 1 is 1.05 bits per heavy atom. The summed E-state index contributed by atoms with van der Waals surface area (Å²) >= 11 is 0. The standard InChI is InChI=1S/C16H24N2O2/c1-5-18(6-2)16(20)14-9-7-13(8-10-14)15(19)17-11-12(3)4/h7-10,12H,5-6,11H2,1-4H3,(H,17,19). The summed E-state index contributed by atoms with van der Waals surface area (Å²) in [6.45, 7) is 10.0. The summed E-state index contributed by atoms with van der Waals surface area (Å²) in [5, 5.41) is 2.86. The normalized spacial score (nSPS) is 10.4. The maximum atomic E-state index is 12.1. The van der Waals surface area contributed by atoms with Gasteiger partial charge in [-0.3, -0.25) is 9.59 Å². The van der Waals surface area contributed by atoms with Crippen LogP contribution in [0.4, 0.5) is 0 Å². The molecule has 2 amide bonds. The molecule has 20 heavy (non-hydrogen) atoms. The smallest absolute Gasteiger partial charge is 0.253 e. The Morgan fingerprint density at radius 3 is 2.00 bits per heavy atom. The van der Waals surface area contributed by atoms with E-state index in [1.54, 1.807) is 29.2 Å². The molecule has 0 atom stereocenters. The predicted molar refractivity (Wildman–Crippen MR) is 80.9 cm³/mol. The van der Waals surface area contributed by atoms with Gasteiger partial charge >= 0.3 is 0 Å². The number of carbonyl (C=O) groups excluding carboxylic acids is 2. The molecule has 110 valence electrons. The zero-order valence-electron chi connectivity index (χ0n) is 12.8. The van der Waals surface area contributed by atoms with Crippen LogP contribution in [0.15, 0.2) is 24.3 Å². The SMILES string of the molecule is CCN(CC)C(=O)c1ccc(C(=O)NCC(C)C)cc1. The van der Waals surface area contributed by atoms with E-state index in [2.05, 4.69) is 5.32 Å². The van der Waals surface area contributed by atoms with Crippen molar-refractivity contribution in [2.75, 3.05) is 19.6 Å². The quantitative estimate of drug-likeness (QED) is 0.868. The summed E-state index contributed by atoms with van der Waals surface area (Å²) in [4.78, 5) is 25.8. The maximum absolute atomic E-state index is 12.1. The number of benzene rings is 1. The third kappa shape index (κ3) is 4.37. The van der Waals surface area contributed by atoms with Gasteiger partial charge in [-0.2, -0.15) is 0 Å². The molecule has 0 aliphatic rings. The van der Waals surface area contributed by atoms with Gasteiger partial charge in [0.25, 0.3) is 11.8 Å². The summed E-state index contributed by atoms with van der Waals surface area (Å²) < 4.78 is 0. The Bertz CT molecular complexity index is 448. The molecule has 0 unspecified atom stereocenters. The second-order valence-corrected chi connectivity index (χ2v) is 5.16. The zero-order valence-corrected chi connectivity index (χ0v) is 12.8. The molecule has 1 aromatic carbocycles. The fraction of sp³-hybridized carbons (Fsp3) is 0.500. The van der Waals surface area contributed by atoms with E-state index in [1.165, 1.54) is 0 Å². The molecule has 0 heterocycles. The first-order chi connectivity index (χ1) is 9.49. The highest BCUT2D eigenvalue weighted by atomic mass is 16.2. The van der Waals surface area contributed by atoms with Gasteiger partial charge in [0.15, 0.2) is 0 Å². The number of hydrogen-bond donors (Lipinski definition) is 1. The van der Waals surface area contributed by atoms with Gasteiger partial charge in [0, 0.05) is 30.8 Å². The number of amides is 2. The fourth-order valence-corrected chi connectivity index (χ4v) is 1.86. The van der Waals surface area contributed by atoms with Crippen LogP contribution in [0.25, 0.3) is 0 Å². The summed E-state index contributed by atoms with van der Waals surface area (Å²) in [5.41, 5.74) is 1.20. The Hall–Kier alpha value is -1.84. The molecule has 0 fully saturated rings. The van der Waals surface area contributed by atoms with Crippen molar-refractivity contribution in [2.45, 2.75) is 27.7 Å². The molecule has 1 rings (SSSR count). The number of hydrogen-bond acceptors (Lipinski definition) is 2. The van der Waals surface area contributed by atoms with Crippen molar-refractivity contribution >= 4 is 11.8 Å². The first-order valence-electron chi connectivity index (χ1n) is 7.17. The average molecular weight is 276 g/mol. The van der Waals surface area contributed by atoms with Gasteiger partial charge in [0.2, 0.25) is 0 Å². The highest BCUT2D eigenvalue weighted by Gasteiger charge is 2.13. The minimum atomic E-state index is -0.0967. The zero-order chi connectivity index (χ0) is 15.1. The van der Waals surface area contributed by atoms with Gasteiger partial charge in [0.1, 0.15) is 0 Å². The van der Waals surface area contributed by atoms with Crippen LogP contribution >= 0.6 is 0 Å². The molecule has 0 saturated heterocycles. The molecule has 0 aliphatic heterocycles. The minimum absolute atomic E-state index is 0.00383. The Balaban J connectivity index is 2.73. The van der Waals surface area contributed by atoms with Crippen molar-refractivity contribution in [1.82, 2.24) is 10.2 Å². The lowest BCUT2D eigenvalue weighted by Crippen LogP contribution is -2.30. The fourth-order valence-electron chi connectivity index (χ4n) is 1.86. The molecule has 0 bridgehead atoms. The molecular weight excluding hydrogens is 252 g/mol. The van der Waals surface area contributed by atoms with Crippen molar-refractivity contribution in [2.24, 2.45) is 5.92 Å².